The highest BCUT2D eigenvalue weighted by Crippen LogP contribution is 2.33. The first-order valence-corrected chi connectivity index (χ1v) is 13.2. The van der Waals surface area contributed by atoms with E-state index in [2.05, 4.69) is 9.97 Å². The Labute approximate surface area is 214 Å². The second-order valence-corrected chi connectivity index (χ2v) is 10.3. The Bertz CT molecular complexity index is 1470. The maximum Gasteiger partial charge on any atom is 0.355 e. The highest BCUT2D eigenvalue weighted by atomic mass is 32.2. The summed E-state index contributed by atoms with van der Waals surface area (Å²) in [5, 5.41) is -0.0764. The Morgan fingerprint density at radius 2 is 1.76 bits per heavy atom. The van der Waals surface area contributed by atoms with Gasteiger partial charge < -0.3 is 19.2 Å². The molecule has 192 valence electrons. The Morgan fingerprint density at radius 1 is 1.00 bits per heavy atom. The lowest BCUT2D eigenvalue weighted by atomic mass is 10.1. The predicted octanol–water partition coefficient (Wildman–Crippen LogP) is 5.37. The molecule has 2 aromatic carbocycles. The van der Waals surface area contributed by atoms with Gasteiger partial charge in [0.2, 0.25) is 0 Å². The van der Waals surface area contributed by atoms with Gasteiger partial charge in [-0.15, -0.1) is 0 Å². The standard InChI is InChI=1S/C27H25FN2O6S/c1-18(15-28)35-22-12-20(13-23(14-22)36-21-8-11-26(29-16-21)37(2,32)33)24-9-10-25(30-24)27(31)34-17-19-6-4-3-5-7-19/h3-14,16,18,30H,15,17H2,1-2H3/t18-/m0/s1. The van der Waals surface area contributed by atoms with Gasteiger partial charge in [0.05, 0.1) is 6.20 Å². The number of nitrogens with one attached hydrogen (secondary N) is 1. The minimum absolute atomic E-state index is 0.0764. The number of ether oxygens (including phenoxy) is 3. The van der Waals surface area contributed by atoms with Crippen molar-refractivity contribution in [1.29, 1.82) is 0 Å². The van der Waals surface area contributed by atoms with E-state index in [0.717, 1.165) is 11.8 Å². The van der Waals surface area contributed by atoms with E-state index in [1.165, 1.54) is 18.3 Å². The summed E-state index contributed by atoms with van der Waals surface area (Å²) >= 11 is 0. The zero-order chi connectivity index (χ0) is 26.4. The van der Waals surface area contributed by atoms with E-state index in [-0.39, 0.29) is 17.3 Å². The molecule has 1 N–H and O–H groups in total. The average molecular weight is 525 g/mol. The molecular weight excluding hydrogens is 499 g/mol. The molecule has 0 aliphatic carbocycles. The van der Waals surface area contributed by atoms with E-state index in [1.54, 1.807) is 37.3 Å². The summed E-state index contributed by atoms with van der Waals surface area (Å²) in [6.45, 7) is 1.05. The van der Waals surface area contributed by atoms with Crippen LogP contribution in [0.5, 0.6) is 17.2 Å². The highest BCUT2D eigenvalue weighted by molar-refractivity contribution is 7.90. The number of nitrogens with zero attached hydrogens (tertiary/aromatic N) is 1. The summed E-state index contributed by atoms with van der Waals surface area (Å²) in [5.74, 6) is 0.476. The van der Waals surface area contributed by atoms with Crippen molar-refractivity contribution in [2.45, 2.75) is 24.7 Å². The maximum atomic E-state index is 13.1. The number of sulfone groups is 1. The molecule has 2 heterocycles. The Balaban J connectivity index is 1.56. The van der Waals surface area contributed by atoms with Crippen LogP contribution in [0.4, 0.5) is 4.39 Å². The van der Waals surface area contributed by atoms with Gasteiger partial charge in [0.15, 0.2) is 14.9 Å². The van der Waals surface area contributed by atoms with Crippen LogP contribution in [0.2, 0.25) is 0 Å². The fraction of sp³-hybridized carbons (Fsp3) is 0.185. The van der Waals surface area contributed by atoms with E-state index in [0.29, 0.717) is 28.5 Å². The number of aromatic amines is 1. The third kappa shape index (κ3) is 6.95. The van der Waals surface area contributed by atoms with Crippen molar-refractivity contribution < 1.29 is 31.8 Å². The molecule has 0 fully saturated rings. The van der Waals surface area contributed by atoms with Crippen molar-refractivity contribution in [3.05, 3.63) is 90.3 Å². The molecule has 8 nitrogen and oxygen atoms in total. The van der Waals surface area contributed by atoms with Gasteiger partial charge in [0.1, 0.15) is 42.3 Å². The summed E-state index contributed by atoms with van der Waals surface area (Å²) in [5.41, 5.74) is 2.33. The lowest BCUT2D eigenvalue weighted by Gasteiger charge is -2.14. The summed E-state index contributed by atoms with van der Waals surface area (Å²) in [4.78, 5) is 19.5. The van der Waals surface area contributed by atoms with Gasteiger partial charge in [0.25, 0.3) is 0 Å². The number of hydrogen-bond acceptors (Lipinski definition) is 7. The molecule has 0 radical (unpaired) electrons. The number of aromatic nitrogens is 2. The van der Waals surface area contributed by atoms with Crippen LogP contribution in [-0.2, 0) is 21.2 Å². The molecule has 37 heavy (non-hydrogen) atoms. The zero-order valence-electron chi connectivity index (χ0n) is 20.2. The Morgan fingerprint density at radius 3 is 2.43 bits per heavy atom. The molecule has 4 rings (SSSR count). The average Bonchev–Trinajstić information content (AvgIpc) is 3.38. The van der Waals surface area contributed by atoms with E-state index in [1.807, 2.05) is 30.3 Å². The van der Waals surface area contributed by atoms with Crippen LogP contribution < -0.4 is 9.47 Å². The molecule has 0 saturated heterocycles. The number of alkyl halides is 1. The molecule has 4 aromatic rings. The van der Waals surface area contributed by atoms with Gasteiger partial charge in [-0.3, -0.25) is 0 Å². The number of benzene rings is 2. The lowest BCUT2D eigenvalue weighted by Crippen LogP contribution is -2.13. The van der Waals surface area contributed by atoms with E-state index < -0.39 is 28.6 Å². The first kappa shape index (κ1) is 25.9. The molecule has 0 unspecified atom stereocenters. The largest absolute Gasteiger partial charge is 0.488 e. The molecule has 2 aromatic heterocycles. The minimum Gasteiger partial charge on any atom is -0.488 e. The van der Waals surface area contributed by atoms with E-state index in [9.17, 15) is 17.6 Å². The van der Waals surface area contributed by atoms with Crippen LogP contribution in [-0.4, -0.2) is 43.4 Å². The normalized spacial score (nSPS) is 12.1. The van der Waals surface area contributed by atoms with Crippen molar-refractivity contribution in [2.24, 2.45) is 0 Å². The minimum atomic E-state index is -3.45. The van der Waals surface area contributed by atoms with Gasteiger partial charge in [0, 0.05) is 23.6 Å². The maximum absolute atomic E-state index is 13.1. The van der Waals surface area contributed by atoms with E-state index >= 15 is 0 Å². The first-order chi connectivity index (χ1) is 17.7. The van der Waals surface area contributed by atoms with Crippen LogP contribution >= 0.6 is 0 Å². The number of esters is 1. The van der Waals surface area contributed by atoms with Gasteiger partial charge >= 0.3 is 5.97 Å². The Kier molecular flexibility index (Phi) is 7.88. The SMILES string of the molecule is C[C@@H](CF)Oc1cc(Oc2ccc(S(C)(=O)=O)nc2)cc(-c2ccc(C(=O)OCc3ccccc3)[nH]2)c1. The van der Waals surface area contributed by atoms with E-state index in [4.69, 9.17) is 14.2 Å². The van der Waals surface area contributed by atoms with Crippen molar-refractivity contribution in [2.75, 3.05) is 12.9 Å². The molecule has 1 atom stereocenters. The van der Waals surface area contributed by atoms with Crippen LogP contribution in [0.3, 0.4) is 0 Å². The highest BCUT2D eigenvalue weighted by Gasteiger charge is 2.15. The smallest absolute Gasteiger partial charge is 0.355 e. The number of halogens is 1. The number of H-pyrrole nitrogens is 1. The molecule has 0 amide bonds. The molecule has 0 saturated carbocycles. The van der Waals surface area contributed by atoms with Crippen LogP contribution in [0.1, 0.15) is 23.0 Å². The second kappa shape index (κ2) is 11.3. The fourth-order valence-corrected chi connectivity index (χ4v) is 3.94. The monoisotopic (exact) mass is 524 g/mol. The number of rotatable bonds is 10. The number of carbonyl (C=O) groups excluding carboxylic acids is 1. The summed E-state index contributed by atoms with van der Waals surface area (Å²) in [6.07, 6.45) is 1.67. The van der Waals surface area contributed by atoms with Crippen LogP contribution in [0, 0.1) is 0 Å². The van der Waals surface area contributed by atoms with Crippen molar-refractivity contribution in [3.63, 3.8) is 0 Å². The number of carbonyl (C=O) groups is 1. The van der Waals surface area contributed by atoms with Crippen molar-refractivity contribution in [3.8, 4) is 28.5 Å². The molecule has 0 aliphatic rings. The third-order valence-electron chi connectivity index (χ3n) is 5.19. The molecule has 0 aliphatic heterocycles. The van der Waals surface area contributed by atoms with Gasteiger partial charge in [-0.1, -0.05) is 30.3 Å². The van der Waals surface area contributed by atoms with Crippen molar-refractivity contribution >= 4 is 15.8 Å². The topological polar surface area (TPSA) is 108 Å². The molecule has 0 spiro atoms. The molecular formula is C27H25FN2O6S. The zero-order valence-corrected chi connectivity index (χ0v) is 21.0. The Hall–Kier alpha value is -4.18. The van der Waals surface area contributed by atoms with Crippen LogP contribution in [0.25, 0.3) is 11.3 Å². The molecule has 10 heteroatoms. The number of hydrogen-bond donors (Lipinski definition) is 1. The predicted molar refractivity (Wildman–Crippen MR) is 135 cm³/mol. The fourth-order valence-electron chi connectivity index (χ4n) is 3.38. The second-order valence-electron chi connectivity index (χ2n) is 8.33. The lowest BCUT2D eigenvalue weighted by molar-refractivity contribution is 0.0466. The summed E-state index contributed by atoms with van der Waals surface area (Å²) < 4.78 is 53.3. The van der Waals surface area contributed by atoms with Gasteiger partial charge in [-0.2, -0.15) is 0 Å². The quantitative estimate of drug-likeness (QED) is 0.278. The third-order valence-corrected chi connectivity index (χ3v) is 6.19. The number of pyridine rings is 1. The van der Waals surface area contributed by atoms with Gasteiger partial charge in [-0.25, -0.2) is 22.6 Å². The molecule has 0 bridgehead atoms. The summed E-state index contributed by atoms with van der Waals surface area (Å²) in [6, 6.07) is 20.5. The first-order valence-electron chi connectivity index (χ1n) is 11.3. The van der Waals surface area contributed by atoms with Crippen LogP contribution in [0.15, 0.2) is 84.0 Å². The summed E-state index contributed by atoms with van der Waals surface area (Å²) in [7, 11) is -3.45. The van der Waals surface area contributed by atoms with Gasteiger partial charge in [-0.05, 0) is 48.9 Å². The van der Waals surface area contributed by atoms with Crippen molar-refractivity contribution in [1.82, 2.24) is 9.97 Å².